The molecule has 0 saturated carbocycles. The monoisotopic (exact) mass is 359 g/mol. The third kappa shape index (κ3) is 3.71. The molecule has 0 radical (unpaired) electrons. The van der Waals surface area contributed by atoms with Crippen LogP contribution < -0.4 is 15.7 Å². The lowest BCUT2D eigenvalue weighted by Gasteiger charge is -2.14. The van der Waals surface area contributed by atoms with Crippen LogP contribution in [0.15, 0.2) is 27.4 Å². The van der Waals surface area contributed by atoms with Crippen LogP contribution in [0.3, 0.4) is 0 Å². The number of carboxylic acid groups (broad SMARTS) is 1. The van der Waals surface area contributed by atoms with Gasteiger partial charge in [-0.1, -0.05) is 13.3 Å². The van der Waals surface area contributed by atoms with Gasteiger partial charge in [-0.3, -0.25) is 4.79 Å². The van der Waals surface area contributed by atoms with Crippen LogP contribution >= 0.6 is 0 Å². The molecule has 3 rings (SSSR count). The minimum absolute atomic E-state index is 0.311. The van der Waals surface area contributed by atoms with Gasteiger partial charge in [-0.05, 0) is 43.4 Å². The van der Waals surface area contributed by atoms with Gasteiger partial charge in [0.15, 0.2) is 6.61 Å². The average molecular weight is 359 g/mol. The zero-order chi connectivity index (χ0) is 18.7. The topological polar surface area (TPSA) is 106 Å². The Morgan fingerprint density at radius 2 is 2.08 bits per heavy atom. The van der Waals surface area contributed by atoms with Gasteiger partial charge < -0.3 is 19.6 Å². The number of hydrogen-bond donors (Lipinski definition) is 2. The summed E-state index contributed by atoms with van der Waals surface area (Å²) in [6.45, 7) is 1.53. The first-order valence-corrected chi connectivity index (χ1v) is 8.73. The van der Waals surface area contributed by atoms with Crippen molar-refractivity contribution >= 4 is 22.8 Å². The molecule has 7 nitrogen and oxygen atoms in total. The van der Waals surface area contributed by atoms with Crippen LogP contribution in [0, 0.1) is 0 Å². The molecule has 2 N–H and O–H groups in total. The Hall–Kier alpha value is -2.83. The minimum Gasteiger partial charge on any atom is -0.484 e. The highest BCUT2D eigenvalue weighted by molar-refractivity contribution is 5.85. The Bertz CT molecular complexity index is 901. The second-order valence-electron chi connectivity index (χ2n) is 6.39. The number of amides is 1. The van der Waals surface area contributed by atoms with Gasteiger partial charge in [0.05, 0.1) is 0 Å². The molecule has 26 heavy (non-hydrogen) atoms. The lowest BCUT2D eigenvalue weighted by Crippen LogP contribution is -2.42. The fraction of sp³-hybridized carbons (Fsp3) is 0.421. The molecule has 1 unspecified atom stereocenters. The van der Waals surface area contributed by atoms with Gasteiger partial charge in [0, 0.05) is 17.0 Å². The van der Waals surface area contributed by atoms with Gasteiger partial charge in [0.2, 0.25) is 0 Å². The molecular formula is C19H21NO6. The molecule has 1 atom stereocenters. The molecule has 0 bridgehead atoms. The Balaban J connectivity index is 1.70. The van der Waals surface area contributed by atoms with Crippen LogP contribution in [-0.2, 0) is 22.4 Å². The van der Waals surface area contributed by atoms with E-state index in [9.17, 15) is 14.4 Å². The number of carboxylic acids is 1. The highest BCUT2D eigenvalue weighted by Gasteiger charge is 2.21. The summed E-state index contributed by atoms with van der Waals surface area (Å²) in [4.78, 5) is 35.0. The number of nitrogens with one attached hydrogen (secondary N) is 1. The number of rotatable bonds is 7. The van der Waals surface area contributed by atoms with Gasteiger partial charge in [-0.2, -0.15) is 0 Å². The van der Waals surface area contributed by atoms with Crippen LogP contribution in [0.5, 0.6) is 5.75 Å². The smallest absolute Gasteiger partial charge is 0.339 e. The van der Waals surface area contributed by atoms with Gasteiger partial charge >= 0.3 is 11.6 Å². The molecule has 0 fully saturated rings. The molecule has 0 aliphatic heterocycles. The number of benzene rings is 1. The van der Waals surface area contributed by atoms with Crippen molar-refractivity contribution in [2.75, 3.05) is 6.61 Å². The van der Waals surface area contributed by atoms with Crippen LogP contribution in [0.25, 0.3) is 11.0 Å². The summed E-state index contributed by atoms with van der Waals surface area (Å²) in [7, 11) is 0. The Morgan fingerprint density at radius 3 is 2.81 bits per heavy atom. The molecule has 7 heteroatoms. The molecule has 1 aliphatic carbocycles. The largest absolute Gasteiger partial charge is 0.484 e. The van der Waals surface area contributed by atoms with Crippen LogP contribution in [0.1, 0.15) is 37.3 Å². The molecule has 0 spiro atoms. The molecule has 1 amide bonds. The van der Waals surface area contributed by atoms with Crippen molar-refractivity contribution in [2.45, 2.75) is 45.1 Å². The van der Waals surface area contributed by atoms with E-state index in [1.54, 1.807) is 12.1 Å². The van der Waals surface area contributed by atoms with E-state index < -0.39 is 17.9 Å². The summed E-state index contributed by atoms with van der Waals surface area (Å²) in [6, 6.07) is 4.21. The molecule has 1 aromatic carbocycles. The maximum absolute atomic E-state index is 12.0. The fourth-order valence-corrected chi connectivity index (χ4v) is 3.28. The highest BCUT2D eigenvalue weighted by atomic mass is 16.5. The van der Waals surface area contributed by atoms with Gasteiger partial charge in [0.1, 0.15) is 17.4 Å². The Labute approximate surface area is 150 Å². The van der Waals surface area contributed by atoms with Gasteiger partial charge in [0.25, 0.3) is 5.91 Å². The predicted molar refractivity (Wildman–Crippen MR) is 94.5 cm³/mol. The van der Waals surface area contributed by atoms with E-state index in [1.807, 2.05) is 13.0 Å². The second-order valence-corrected chi connectivity index (χ2v) is 6.39. The minimum atomic E-state index is -1.07. The quantitative estimate of drug-likeness (QED) is 0.733. The van der Waals surface area contributed by atoms with E-state index in [-0.39, 0.29) is 12.2 Å². The zero-order valence-corrected chi connectivity index (χ0v) is 14.5. The molecule has 138 valence electrons. The maximum Gasteiger partial charge on any atom is 0.339 e. The SMILES string of the molecule is CCCC(NC(=O)COc1ccc2c3c(c(=O)oc2c1)CCC3)C(=O)O. The molecule has 1 heterocycles. The number of ether oxygens (including phenoxy) is 1. The summed E-state index contributed by atoms with van der Waals surface area (Å²) in [5.74, 6) is -1.20. The number of hydrogen-bond acceptors (Lipinski definition) is 5. The number of carbonyl (C=O) groups excluding carboxylic acids is 1. The molecule has 1 aromatic heterocycles. The molecule has 0 saturated heterocycles. The number of carbonyl (C=O) groups is 2. The molecule has 2 aromatic rings. The maximum atomic E-state index is 12.0. The van der Waals surface area contributed by atoms with Crippen LogP contribution in [-0.4, -0.2) is 29.6 Å². The van der Waals surface area contributed by atoms with E-state index in [0.717, 1.165) is 35.8 Å². The third-order valence-electron chi connectivity index (χ3n) is 4.53. The van der Waals surface area contributed by atoms with E-state index >= 15 is 0 Å². The Morgan fingerprint density at radius 1 is 1.31 bits per heavy atom. The normalized spacial score (nSPS) is 14.0. The van der Waals surface area contributed by atoms with Crippen molar-refractivity contribution in [3.8, 4) is 5.75 Å². The first kappa shape index (κ1) is 18.0. The van der Waals surface area contributed by atoms with E-state index in [0.29, 0.717) is 24.2 Å². The molecular weight excluding hydrogens is 338 g/mol. The number of aliphatic carboxylic acids is 1. The van der Waals surface area contributed by atoms with Crippen molar-refractivity contribution in [3.63, 3.8) is 0 Å². The number of aryl methyl sites for hydroxylation is 1. The average Bonchev–Trinajstić information content (AvgIpc) is 3.10. The third-order valence-corrected chi connectivity index (χ3v) is 4.53. The summed E-state index contributed by atoms with van der Waals surface area (Å²) in [6.07, 6.45) is 3.54. The summed E-state index contributed by atoms with van der Waals surface area (Å²) >= 11 is 0. The van der Waals surface area contributed by atoms with Crippen LogP contribution in [0.2, 0.25) is 0 Å². The lowest BCUT2D eigenvalue weighted by molar-refractivity contribution is -0.142. The number of fused-ring (bicyclic) bond motifs is 3. The van der Waals surface area contributed by atoms with E-state index in [1.165, 1.54) is 0 Å². The highest BCUT2D eigenvalue weighted by Crippen LogP contribution is 2.29. The van der Waals surface area contributed by atoms with E-state index in [2.05, 4.69) is 5.32 Å². The van der Waals surface area contributed by atoms with Crippen LogP contribution in [0.4, 0.5) is 0 Å². The molecule has 1 aliphatic rings. The van der Waals surface area contributed by atoms with Crippen molar-refractivity contribution in [1.29, 1.82) is 0 Å². The fourth-order valence-electron chi connectivity index (χ4n) is 3.28. The van der Waals surface area contributed by atoms with Crippen molar-refractivity contribution in [1.82, 2.24) is 5.32 Å². The summed E-state index contributed by atoms with van der Waals surface area (Å²) in [5.41, 5.74) is 1.90. The van der Waals surface area contributed by atoms with Crippen molar-refractivity contribution in [2.24, 2.45) is 0 Å². The van der Waals surface area contributed by atoms with Crippen molar-refractivity contribution in [3.05, 3.63) is 39.7 Å². The van der Waals surface area contributed by atoms with Gasteiger partial charge in [-0.25, -0.2) is 9.59 Å². The van der Waals surface area contributed by atoms with Gasteiger partial charge in [-0.15, -0.1) is 0 Å². The first-order chi connectivity index (χ1) is 12.5. The summed E-state index contributed by atoms with van der Waals surface area (Å²) < 4.78 is 10.8. The van der Waals surface area contributed by atoms with Crippen molar-refractivity contribution < 1.29 is 23.8 Å². The second kappa shape index (κ2) is 7.59. The standard InChI is InChI=1S/C19H21NO6/c1-2-4-15(18(22)23)20-17(21)10-25-11-7-8-13-12-5-3-6-14(12)19(24)26-16(13)9-11/h7-9,15H,2-6,10H2,1H3,(H,20,21)(H,22,23). The lowest BCUT2D eigenvalue weighted by atomic mass is 10.1. The predicted octanol–water partition coefficient (Wildman–Crippen LogP) is 2.03. The first-order valence-electron chi connectivity index (χ1n) is 8.73. The summed E-state index contributed by atoms with van der Waals surface area (Å²) in [5, 5.41) is 12.4. The zero-order valence-electron chi connectivity index (χ0n) is 14.5. The van der Waals surface area contributed by atoms with E-state index in [4.69, 9.17) is 14.3 Å². The Kier molecular flexibility index (Phi) is 5.25.